The summed E-state index contributed by atoms with van der Waals surface area (Å²) in [6.45, 7) is 1.73. The van der Waals surface area contributed by atoms with E-state index in [1.54, 1.807) is 31.2 Å². The van der Waals surface area contributed by atoms with Gasteiger partial charge in [0.15, 0.2) is 5.78 Å². The number of hydrogen-bond donors (Lipinski definition) is 1. The molecule has 2 aromatic rings. The van der Waals surface area contributed by atoms with Gasteiger partial charge in [-0.15, -0.1) is 0 Å². The number of hydrogen-bond acceptors (Lipinski definition) is 4. The highest BCUT2D eigenvalue weighted by Crippen LogP contribution is 2.18. The molecule has 2 rings (SSSR count). The summed E-state index contributed by atoms with van der Waals surface area (Å²) in [6, 6.07) is 9.18. The lowest BCUT2D eigenvalue weighted by atomic mass is 10.1. The van der Waals surface area contributed by atoms with Crippen molar-refractivity contribution >= 4 is 37.6 Å². The lowest BCUT2D eigenvalue weighted by Gasteiger charge is -2.08. The third-order valence-electron chi connectivity index (χ3n) is 2.75. The lowest BCUT2D eigenvalue weighted by molar-refractivity contribution is 0.0988. The molecule has 0 radical (unpaired) electrons. The van der Waals surface area contributed by atoms with Crippen LogP contribution in [0.25, 0.3) is 0 Å². The molecule has 0 bridgehead atoms. The molecule has 1 aromatic carbocycles. The van der Waals surface area contributed by atoms with Crippen LogP contribution in [0.2, 0.25) is 0 Å². The SMILES string of the molecule is CCC(=O)c1cccc(S(=O)(=O)Nc2ccc(Br)cn2)c1. The van der Waals surface area contributed by atoms with Crippen LogP contribution in [0.4, 0.5) is 5.82 Å². The van der Waals surface area contributed by atoms with E-state index in [0.717, 1.165) is 4.47 Å². The number of halogens is 1. The molecule has 0 saturated heterocycles. The fourth-order valence-electron chi connectivity index (χ4n) is 1.67. The Balaban J connectivity index is 2.31. The van der Waals surface area contributed by atoms with Crippen molar-refractivity contribution < 1.29 is 13.2 Å². The average Bonchev–Trinajstić information content (AvgIpc) is 2.49. The molecule has 0 saturated carbocycles. The molecule has 0 atom stereocenters. The number of aromatic nitrogens is 1. The van der Waals surface area contributed by atoms with Gasteiger partial charge in [0.1, 0.15) is 5.82 Å². The van der Waals surface area contributed by atoms with Crippen molar-refractivity contribution in [1.29, 1.82) is 0 Å². The fraction of sp³-hybridized carbons (Fsp3) is 0.143. The first-order chi connectivity index (χ1) is 9.92. The molecule has 1 N–H and O–H groups in total. The maximum Gasteiger partial charge on any atom is 0.263 e. The number of sulfonamides is 1. The Morgan fingerprint density at radius 2 is 2.05 bits per heavy atom. The van der Waals surface area contributed by atoms with Gasteiger partial charge >= 0.3 is 0 Å². The summed E-state index contributed by atoms with van der Waals surface area (Å²) in [4.78, 5) is 15.6. The Morgan fingerprint density at radius 3 is 2.67 bits per heavy atom. The first kappa shape index (κ1) is 15.7. The lowest BCUT2D eigenvalue weighted by Crippen LogP contribution is -2.14. The predicted molar refractivity (Wildman–Crippen MR) is 83.8 cm³/mol. The first-order valence-corrected chi connectivity index (χ1v) is 8.47. The molecule has 7 heteroatoms. The van der Waals surface area contributed by atoms with Crippen molar-refractivity contribution in [3.05, 3.63) is 52.6 Å². The fourth-order valence-corrected chi connectivity index (χ4v) is 2.96. The van der Waals surface area contributed by atoms with Gasteiger partial charge in [-0.25, -0.2) is 13.4 Å². The largest absolute Gasteiger partial charge is 0.294 e. The van der Waals surface area contributed by atoms with Gasteiger partial charge in [-0.3, -0.25) is 9.52 Å². The first-order valence-electron chi connectivity index (χ1n) is 6.20. The Labute approximate surface area is 131 Å². The number of carbonyl (C=O) groups excluding carboxylic acids is 1. The van der Waals surface area contributed by atoms with E-state index in [2.05, 4.69) is 25.6 Å². The van der Waals surface area contributed by atoms with Gasteiger partial charge in [-0.1, -0.05) is 19.1 Å². The normalized spacial score (nSPS) is 11.1. The number of rotatable bonds is 5. The van der Waals surface area contributed by atoms with Gasteiger partial charge in [0.25, 0.3) is 10.0 Å². The third kappa shape index (κ3) is 3.89. The van der Waals surface area contributed by atoms with Crippen LogP contribution in [0.1, 0.15) is 23.7 Å². The van der Waals surface area contributed by atoms with Crippen LogP contribution in [-0.2, 0) is 10.0 Å². The maximum absolute atomic E-state index is 12.3. The van der Waals surface area contributed by atoms with E-state index in [-0.39, 0.29) is 16.5 Å². The molecule has 0 aliphatic carbocycles. The zero-order valence-electron chi connectivity index (χ0n) is 11.2. The second kappa shape index (κ2) is 6.36. The molecule has 1 aromatic heterocycles. The van der Waals surface area contributed by atoms with Gasteiger partial charge in [0.2, 0.25) is 0 Å². The zero-order chi connectivity index (χ0) is 15.5. The number of nitrogens with zero attached hydrogens (tertiary/aromatic N) is 1. The molecule has 0 unspecified atom stereocenters. The molecule has 5 nitrogen and oxygen atoms in total. The molecule has 1 heterocycles. The number of carbonyl (C=O) groups is 1. The smallest absolute Gasteiger partial charge is 0.263 e. The van der Waals surface area contributed by atoms with Gasteiger partial charge < -0.3 is 0 Å². The van der Waals surface area contributed by atoms with Gasteiger partial charge in [0, 0.05) is 22.7 Å². The summed E-state index contributed by atoms with van der Waals surface area (Å²) >= 11 is 3.23. The Hall–Kier alpha value is -1.73. The summed E-state index contributed by atoms with van der Waals surface area (Å²) < 4.78 is 27.7. The molecule has 110 valence electrons. The highest BCUT2D eigenvalue weighted by atomic mass is 79.9. The highest BCUT2D eigenvalue weighted by Gasteiger charge is 2.16. The van der Waals surface area contributed by atoms with Crippen molar-refractivity contribution in [2.24, 2.45) is 0 Å². The molecule has 21 heavy (non-hydrogen) atoms. The van der Waals surface area contributed by atoms with E-state index >= 15 is 0 Å². The molecule has 0 spiro atoms. The minimum absolute atomic E-state index is 0.0338. The number of ketones is 1. The van der Waals surface area contributed by atoms with Crippen LogP contribution in [0.5, 0.6) is 0 Å². The Kier molecular flexibility index (Phi) is 4.74. The van der Waals surface area contributed by atoms with Gasteiger partial charge in [-0.2, -0.15) is 0 Å². The molecule has 0 aliphatic rings. The van der Waals surface area contributed by atoms with E-state index in [0.29, 0.717) is 12.0 Å². The Bertz CT molecular complexity index is 758. The Morgan fingerprint density at radius 1 is 1.29 bits per heavy atom. The van der Waals surface area contributed by atoms with Crippen molar-refractivity contribution in [2.75, 3.05) is 4.72 Å². The second-order valence-electron chi connectivity index (χ2n) is 4.27. The monoisotopic (exact) mass is 368 g/mol. The average molecular weight is 369 g/mol. The van der Waals surface area contributed by atoms with E-state index in [4.69, 9.17) is 0 Å². The minimum Gasteiger partial charge on any atom is -0.294 e. The summed E-state index contributed by atoms with van der Waals surface area (Å²) in [5, 5.41) is 0. The van der Waals surface area contributed by atoms with Crippen molar-refractivity contribution in [3.8, 4) is 0 Å². The topological polar surface area (TPSA) is 76.1 Å². The third-order valence-corrected chi connectivity index (χ3v) is 4.58. The quantitative estimate of drug-likeness (QED) is 0.821. The van der Waals surface area contributed by atoms with E-state index in [1.807, 2.05) is 0 Å². The maximum atomic E-state index is 12.3. The summed E-state index contributed by atoms with van der Waals surface area (Å²) in [5.74, 6) is 0.110. The molecule has 0 amide bonds. The van der Waals surface area contributed by atoms with Gasteiger partial charge in [0.05, 0.1) is 4.90 Å². The summed E-state index contributed by atoms with van der Waals surface area (Å²) in [6.07, 6.45) is 1.82. The molecular weight excluding hydrogens is 356 g/mol. The van der Waals surface area contributed by atoms with Crippen molar-refractivity contribution in [3.63, 3.8) is 0 Å². The second-order valence-corrected chi connectivity index (χ2v) is 6.87. The summed E-state index contributed by atoms with van der Waals surface area (Å²) in [5.41, 5.74) is 0.379. The zero-order valence-corrected chi connectivity index (χ0v) is 13.6. The van der Waals surface area contributed by atoms with Gasteiger partial charge in [-0.05, 0) is 40.2 Å². The molecular formula is C14H13BrN2O3S. The van der Waals surface area contributed by atoms with Crippen LogP contribution < -0.4 is 4.72 Å². The van der Waals surface area contributed by atoms with Crippen LogP contribution in [0, 0.1) is 0 Å². The van der Waals surface area contributed by atoms with Crippen LogP contribution in [0.3, 0.4) is 0 Å². The standard InChI is InChI=1S/C14H13BrN2O3S/c1-2-13(18)10-4-3-5-12(8-10)21(19,20)17-14-7-6-11(15)9-16-14/h3-9H,2H2,1H3,(H,16,17). The van der Waals surface area contributed by atoms with E-state index in [1.165, 1.54) is 18.3 Å². The number of pyridine rings is 1. The van der Waals surface area contributed by atoms with Crippen molar-refractivity contribution in [1.82, 2.24) is 4.98 Å². The molecule has 0 fully saturated rings. The van der Waals surface area contributed by atoms with E-state index < -0.39 is 10.0 Å². The van der Waals surface area contributed by atoms with Crippen molar-refractivity contribution in [2.45, 2.75) is 18.2 Å². The number of anilines is 1. The van der Waals surface area contributed by atoms with Crippen LogP contribution in [0.15, 0.2) is 52.0 Å². The van der Waals surface area contributed by atoms with Crippen LogP contribution in [-0.4, -0.2) is 19.2 Å². The number of nitrogens with one attached hydrogen (secondary N) is 1. The molecule has 0 aliphatic heterocycles. The highest BCUT2D eigenvalue weighted by molar-refractivity contribution is 9.10. The number of Topliss-reactive ketones (excluding diaryl/α,β-unsaturated/α-hetero) is 1. The summed E-state index contributed by atoms with van der Waals surface area (Å²) in [7, 11) is -3.77. The number of benzene rings is 1. The minimum atomic E-state index is -3.77. The van der Waals surface area contributed by atoms with Crippen LogP contribution >= 0.6 is 15.9 Å². The predicted octanol–water partition coefficient (Wildman–Crippen LogP) is 3.24. The van der Waals surface area contributed by atoms with E-state index in [9.17, 15) is 13.2 Å².